The van der Waals surface area contributed by atoms with Gasteiger partial charge in [0, 0.05) is 49.4 Å². The number of carbonyl (C=O) groups excluding carboxylic acids is 1. The molecule has 3 atom stereocenters. The number of rotatable bonds is 6. The molecule has 1 saturated heterocycles. The number of nitrogens with one attached hydrogen (secondary N) is 1. The maximum Gasteiger partial charge on any atom is 0.231 e. The zero-order chi connectivity index (χ0) is 23.7. The van der Waals surface area contributed by atoms with E-state index < -0.39 is 17.8 Å². The highest BCUT2D eigenvalue weighted by atomic mass is 35.5. The monoisotopic (exact) mass is 475 g/mol. The molecule has 1 aliphatic carbocycles. The Morgan fingerprint density at radius 3 is 2.64 bits per heavy atom. The quantitative estimate of drug-likeness (QED) is 0.667. The Hall–Kier alpha value is -2.29. The number of aromatic nitrogens is 2. The number of amides is 1. The topological polar surface area (TPSA) is 81.6 Å². The SMILES string of the molecule is CC(C)NCC(C(=O)N1CCN(c2ncnc3c2[C@H](C)C[C@H]3O)CC1)c1cc(F)cc(Cl)c1. The standard InChI is InChI=1S/C24H31ClFN5O2/c1-14(2)27-12-19(16-9-17(25)11-18(26)10-16)24(33)31-6-4-30(5-7-31)23-21-15(3)8-20(32)22(21)28-13-29-23/h9-11,13-15,19-20,27,32H,4-8,12H2,1-3H3/t15-,19?,20-/m1/s1. The number of carbonyl (C=O) groups is 1. The summed E-state index contributed by atoms with van der Waals surface area (Å²) < 4.78 is 14.0. The number of halogens is 2. The molecule has 1 fully saturated rings. The van der Waals surface area contributed by atoms with Gasteiger partial charge in [0.1, 0.15) is 18.0 Å². The van der Waals surface area contributed by atoms with Gasteiger partial charge in [0.15, 0.2) is 0 Å². The number of benzene rings is 1. The fourth-order valence-electron chi connectivity index (χ4n) is 4.79. The van der Waals surface area contributed by atoms with Gasteiger partial charge in [0.05, 0.1) is 17.7 Å². The number of piperazine rings is 1. The van der Waals surface area contributed by atoms with E-state index in [1.807, 2.05) is 18.7 Å². The third-order valence-corrected chi connectivity index (χ3v) is 6.70. The van der Waals surface area contributed by atoms with E-state index in [0.29, 0.717) is 50.4 Å². The normalized spacial score (nSPS) is 21.4. The molecule has 1 unspecified atom stereocenters. The number of anilines is 1. The van der Waals surface area contributed by atoms with E-state index in [9.17, 15) is 14.3 Å². The molecule has 33 heavy (non-hydrogen) atoms. The van der Waals surface area contributed by atoms with Crippen molar-refractivity contribution in [3.63, 3.8) is 0 Å². The molecule has 4 rings (SSSR count). The predicted octanol–water partition coefficient (Wildman–Crippen LogP) is 3.24. The average molecular weight is 476 g/mol. The van der Waals surface area contributed by atoms with E-state index in [4.69, 9.17) is 11.6 Å². The van der Waals surface area contributed by atoms with Gasteiger partial charge in [0.25, 0.3) is 0 Å². The highest BCUT2D eigenvalue weighted by Crippen LogP contribution is 2.42. The molecule has 9 heteroatoms. The minimum Gasteiger partial charge on any atom is -0.387 e. The van der Waals surface area contributed by atoms with Gasteiger partial charge in [-0.15, -0.1) is 0 Å². The van der Waals surface area contributed by atoms with E-state index in [1.54, 1.807) is 6.07 Å². The number of nitrogens with zero attached hydrogens (tertiary/aromatic N) is 4. The summed E-state index contributed by atoms with van der Waals surface area (Å²) in [6, 6.07) is 4.50. The molecule has 0 radical (unpaired) electrons. The van der Waals surface area contributed by atoms with Crippen LogP contribution in [0.15, 0.2) is 24.5 Å². The van der Waals surface area contributed by atoms with Gasteiger partial charge < -0.3 is 20.2 Å². The van der Waals surface area contributed by atoms with Crippen LogP contribution in [-0.4, -0.2) is 64.6 Å². The molecular weight excluding hydrogens is 445 g/mol. The lowest BCUT2D eigenvalue weighted by Gasteiger charge is -2.38. The first-order valence-corrected chi connectivity index (χ1v) is 11.9. The molecule has 2 aromatic rings. The lowest BCUT2D eigenvalue weighted by molar-refractivity contribution is -0.133. The molecule has 1 amide bonds. The Morgan fingerprint density at radius 2 is 1.97 bits per heavy atom. The molecule has 2 heterocycles. The van der Waals surface area contributed by atoms with Crippen LogP contribution in [0.1, 0.15) is 62.0 Å². The summed E-state index contributed by atoms with van der Waals surface area (Å²) in [5, 5.41) is 13.9. The first-order valence-electron chi connectivity index (χ1n) is 11.5. The Morgan fingerprint density at radius 1 is 1.24 bits per heavy atom. The average Bonchev–Trinajstić information content (AvgIpc) is 3.07. The van der Waals surface area contributed by atoms with Crippen molar-refractivity contribution < 1.29 is 14.3 Å². The number of hydrogen-bond donors (Lipinski definition) is 2. The number of aliphatic hydroxyl groups excluding tert-OH is 1. The second-order valence-corrected chi connectivity index (χ2v) is 9.72. The van der Waals surface area contributed by atoms with Gasteiger partial charge in [-0.25, -0.2) is 14.4 Å². The van der Waals surface area contributed by atoms with Crippen LogP contribution >= 0.6 is 11.6 Å². The fraction of sp³-hybridized carbons (Fsp3) is 0.542. The zero-order valence-corrected chi connectivity index (χ0v) is 20.0. The van der Waals surface area contributed by atoms with Crippen LogP contribution in [0.25, 0.3) is 0 Å². The van der Waals surface area contributed by atoms with E-state index in [1.165, 1.54) is 18.5 Å². The van der Waals surface area contributed by atoms with Crippen LogP contribution in [0, 0.1) is 5.82 Å². The van der Waals surface area contributed by atoms with Crippen LogP contribution in [0.4, 0.5) is 10.2 Å². The molecule has 0 spiro atoms. The Balaban J connectivity index is 1.49. The number of hydrogen-bond acceptors (Lipinski definition) is 6. The zero-order valence-electron chi connectivity index (χ0n) is 19.3. The molecule has 1 aromatic heterocycles. The summed E-state index contributed by atoms with van der Waals surface area (Å²) >= 11 is 6.08. The highest BCUT2D eigenvalue weighted by molar-refractivity contribution is 6.30. The molecular formula is C24H31ClFN5O2. The van der Waals surface area contributed by atoms with Crippen LogP contribution in [0.5, 0.6) is 0 Å². The van der Waals surface area contributed by atoms with Crippen molar-refractivity contribution in [3.05, 3.63) is 52.2 Å². The Bertz CT molecular complexity index is 992. The number of fused-ring (bicyclic) bond motifs is 1. The summed E-state index contributed by atoms with van der Waals surface area (Å²) in [6.45, 7) is 8.85. The summed E-state index contributed by atoms with van der Waals surface area (Å²) in [5.41, 5.74) is 2.31. The Kier molecular flexibility index (Phi) is 7.16. The minimum absolute atomic E-state index is 0.0406. The van der Waals surface area contributed by atoms with Crippen molar-refractivity contribution in [1.82, 2.24) is 20.2 Å². The van der Waals surface area contributed by atoms with Crippen LogP contribution in [0.3, 0.4) is 0 Å². The van der Waals surface area contributed by atoms with Crippen molar-refractivity contribution in [1.29, 1.82) is 0 Å². The summed E-state index contributed by atoms with van der Waals surface area (Å²) in [4.78, 5) is 26.3. The smallest absolute Gasteiger partial charge is 0.231 e. The first-order chi connectivity index (χ1) is 15.7. The van der Waals surface area contributed by atoms with Gasteiger partial charge in [0.2, 0.25) is 5.91 Å². The van der Waals surface area contributed by atoms with Crippen molar-refractivity contribution >= 4 is 23.3 Å². The predicted molar refractivity (Wildman–Crippen MR) is 126 cm³/mol. The molecule has 1 aromatic carbocycles. The summed E-state index contributed by atoms with van der Waals surface area (Å²) in [6.07, 6.45) is 1.61. The molecule has 0 saturated carbocycles. The largest absolute Gasteiger partial charge is 0.387 e. The van der Waals surface area contributed by atoms with Crippen LogP contribution < -0.4 is 10.2 Å². The third-order valence-electron chi connectivity index (χ3n) is 6.49. The molecule has 178 valence electrons. The fourth-order valence-corrected chi connectivity index (χ4v) is 5.02. The summed E-state index contributed by atoms with van der Waals surface area (Å²) in [7, 11) is 0. The molecule has 7 nitrogen and oxygen atoms in total. The first kappa shape index (κ1) is 23.9. The lowest BCUT2D eigenvalue weighted by Crippen LogP contribution is -2.51. The molecule has 2 N–H and O–H groups in total. The van der Waals surface area contributed by atoms with Crippen molar-refractivity contribution in [2.45, 2.75) is 51.2 Å². The second kappa shape index (κ2) is 9.91. The van der Waals surface area contributed by atoms with Gasteiger partial charge >= 0.3 is 0 Å². The second-order valence-electron chi connectivity index (χ2n) is 9.28. The van der Waals surface area contributed by atoms with E-state index in [0.717, 1.165) is 11.4 Å². The van der Waals surface area contributed by atoms with Crippen LogP contribution in [0.2, 0.25) is 5.02 Å². The van der Waals surface area contributed by atoms with Crippen molar-refractivity contribution in [3.8, 4) is 0 Å². The maximum atomic E-state index is 14.0. The number of aliphatic hydroxyl groups is 1. The van der Waals surface area contributed by atoms with Gasteiger partial charge in [-0.05, 0) is 36.1 Å². The molecule has 1 aliphatic heterocycles. The van der Waals surface area contributed by atoms with Gasteiger partial charge in [-0.2, -0.15) is 0 Å². The van der Waals surface area contributed by atoms with Crippen molar-refractivity contribution in [2.75, 3.05) is 37.6 Å². The molecule has 0 bridgehead atoms. The van der Waals surface area contributed by atoms with Crippen molar-refractivity contribution in [2.24, 2.45) is 0 Å². The highest BCUT2D eigenvalue weighted by Gasteiger charge is 2.35. The minimum atomic E-state index is -0.549. The van der Waals surface area contributed by atoms with Gasteiger partial charge in [-0.3, -0.25) is 4.79 Å². The lowest BCUT2D eigenvalue weighted by atomic mass is 9.96. The van der Waals surface area contributed by atoms with Crippen LogP contribution in [-0.2, 0) is 4.79 Å². The van der Waals surface area contributed by atoms with E-state index in [-0.39, 0.29) is 22.9 Å². The van der Waals surface area contributed by atoms with Gasteiger partial charge in [-0.1, -0.05) is 32.4 Å². The molecule has 2 aliphatic rings. The summed E-state index contributed by atoms with van der Waals surface area (Å²) in [5.74, 6) is 0.0338. The van der Waals surface area contributed by atoms with E-state index >= 15 is 0 Å². The third kappa shape index (κ3) is 5.13. The Labute approximate surface area is 199 Å². The van der Waals surface area contributed by atoms with E-state index in [2.05, 4.69) is 27.1 Å². The maximum absolute atomic E-state index is 14.0.